The van der Waals surface area contributed by atoms with Crippen molar-refractivity contribution in [2.24, 2.45) is 5.73 Å². The topological polar surface area (TPSA) is 78.4 Å². The average molecular weight is 268 g/mol. The number of ether oxygens (including phenoxy) is 1. The van der Waals surface area contributed by atoms with Crippen molar-refractivity contribution in [3.05, 3.63) is 33.6 Å². The number of nitro groups is 1. The van der Waals surface area contributed by atoms with Crippen molar-refractivity contribution < 1.29 is 14.1 Å². The van der Waals surface area contributed by atoms with E-state index in [-0.39, 0.29) is 23.6 Å². The Bertz CT molecular complexity index is 493. The number of halogens is 1. The first-order chi connectivity index (χ1) is 8.99. The molecule has 1 aliphatic rings. The Kier molecular flexibility index (Phi) is 3.99. The Labute approximate surface area is 110 Å². The summed E-state index contributed by atoms with van der Waals surface area (Å²) in [6.07, 6.45) is 3.42. The zero-order valence-corrected chi connectivity index (χ0v) is 10.8. The van der Waals surface area contributed by atoms with Gasteiger partial charge in [-0.05, 0) is 37.8 Å². The molecule has 1 fully saturated rings. The molecular weight excluding hydrogens is 251 g/mol. The number of nitrogens with zero attached hydrogens (tertiary/aromatic N) is 1. The van der Waals surface area contributed by atoms with Crippen molar-refractivity contribution in [3.8, 4) is 5.75 Å². The fraction of sp³-hybridized carbons (Fsp3) is 0.538. The first-order valence-electron chi connectivity index (χ1n) is 6.36. The molecule has 0 heterocycles. The van der Waals surface area contributed by atoms with Crippen LogP contribution in [0.5, 0.6) is 5.75 Å². The Morgan fingerprint density at radius 3 is 2.74 bits per heavy atom. The molecule has 6 heteroatoms. The predicted octanol–water partition coefficient (Wildman–Crippen LogP) is 2.69. The molecule has 0 saturated heterocycles. The zero-order chi connectivity index (χ0) is 14.0. The van der Waals surface area contributed by atoms with E-state index < -0.39 is 10.7 Å². The third kappa shape index (κ3) is 3.01. The molecular formula is C13H17FN2O3. The lowest BCUT2D eigenvalue weighted by Gasteiger charge is -2.29. The van der Waals surface area contributed by atoms with Crippen molar-refractivity contribution in [2.45, 2.75) is 44.8 Å². The van der Waals surface area contributed by atoms with Gasteiger partial charge in [0.25, 0.3) is 0 Å². The molecule has 0 radical (unpaired) electrons. The molecule has 2 unspecified atom stereocenters. The van der Waals surface area contributed by atoms with Gasteiger partial charge in [-0.3, -0.25) is 10.1 Å². The molecule has 2 rings (SSSR count). The monoisotopic (exact) mass is 268 g/mol. The first kappa shape index (κ1) is 13.7. The quantitative estimate of drug-likeness (QED) is 0.675. The maximum Gasteiger partial charge on any atom is 0.313 e. The Morgan fingerprint density at radius 2 is 2.11 bits per heavy atom. The highest BCUT2D eigenvalue weighted by molar-refractivity contribution is 5.49. The van der Waals surface area contributed by atoms with Crippen LogP contribution < -0.4 is 10.5 Å². The number of hydrogen-bond donors (Lipinski definition) is 1. The van der Waals surface area contributed by atoms with E-state index in [9.17, 15) is 14.5 Å². The fourth-order valence-electron chi connectivity index (χ4n) is 2.32. The van der Waals surface area contributed by atoms with Gasteiger partial charge in [0.1, 0.15) is 11.9 Å². The van der Waals surface area contributed by atoms with E-state index in [1.54, 1.807) is 6.92 Å². The number of nitrogens with two attached hydrogens (primary N) is 1. The molecule has 1 aliphatic carbocycles. The van der Waals surface area contributed by atoms with Gasteiger partial charge >= 0.3 is 5.69 Å². The third-order valence-corrected chi connectivity index (χ3v) is 3.47. The van der Waals surface area contributed by atoms with E-state index >= 15 is 0 Å². The van der Waals surface area contributed by atoms with Gasteiger partial charge in [-0.2, -0.15) is 0 Å². The predicted molar refractivity (Wildman–Crippen MR) is 68.7 cm³/mol. The molecule has 1 aromatic rings. The molecule has 0 bridgehead atoms. The summed E-state index contributed by atoms with van der Waals surface area (Å²) in [6, 6.07) is 2.15. The summed E-state index contributed by atoms with van der Waals surface area (Å²) < 4.78 is 19.1. The van der Waals surface area contributed by atoms with Crippen LogP contribution in [0.1, 0.15) is 31.2 Å². The van der Waals surface area contributed by atoms with Gasteiger partial charge in [-0.1, -0.05) is 6.42 Å². The number of hydrogen-bond acceptors (Lipinski definition) is 4. The minimum absolute atomic E-state index is 0.103. The molecule has 19 heavy (non-hydrogen) atoms. The van der Waals surface area contributed by atoms with Crippen LogP contribution in [0.25, 0.3) is 0 Å². The summed E-state index contributed by atoms with van der Waals surface area (Å²) in [5.74, 6) is -0.502. The Morgan fingerprint density at radius 1 is 1.42 bits per heavy atom. The Hall–Kier alpha value is -1.69. The zero-order valence-electron chi connectivity index (χ0n) is 10.8. The van der Waals surface area contributed by atoms with E-state index in [4.69, 9.17) is 10.5 Å². The summed E-state index contributed by atoms with van der Waals surface area (Å²) in [4.78, 5) is 10.3. The smallest absolute Gasteiger partial charge is 0.313 e. The van der Waals surface area contributed by atoms with Crippen LogP contribution >= 0.6 is 0 Å². The normalized spacial score (nSPS) is 23.1. The van der Waals surface area contributed by atoms with E-state index in [1.807, 2.05) is 0 Å². The maximum atomic E-state index is 13.4. The number of rotatable bonds is 3. The third-order valence-electron chi connectivity index (χ3n) is 3.47. The molecule has 1 saturated carbocycles. The summed E-state index contributed by atoms with van der Waals surface area (Å²) in [5, 5.41) is 10.9. The fourth-order valence-corrected chi connectivity index (χ4v) is 2.32. The molecule has 2 N–H and O–H groups in total. The van der Waals surface area contributed by atoms with E-state index in [1.165, 1.54) is 6.07 Å². The van der Waals surface area contributed by atoms with E-state index in [0.29, 0.717) is 5.56 Å². The SMILES string of the molecule is Cc1cc(OC2CCCCC2N)c([N+](=O)[O-])cc1F. The van der Waals surface area contributed by atoms with Crippen molar-refractivity contribution in [3.63, 3.8) is 0 Å². The minimum Gasteiger partial charge on any atom is -0.482 e. The first-order valence-corrected chi connectivity index (χ1v) is 6.36. The average Bonchev–Trinajstić information content (AvgIpc) is 2.36. The van der Waals surface area contributed by atoms with Crippen LogP contribution in [-0.2, 0) is 0 Å². The number of benzene rings is 1. The summed E-state index contributed by atoms with van der Waals surface area (Å²) >= 11 is 0. The van der Waals surface area contributed by atoms with Crippen LogP contribution in [0.4, 0.5) is 10.1 Å². The number of nitro benzene ring substituents is 1. The minimum atomic E-state index is -0.633. The van der Waals surface area contributed by atoms with Crippen molar-refractivity contribution in [2.75, 3.05) is 0 Å². The number of aryl methyl sites for hydroxylation is 1. The van der Waals surface area contributed by atoms with Gasteiger partial charge < -0.3 is 10.5 Å². The van der Waals surface area contributed by atoms with Crippen LogP contribution in [0.3, 0.4) is 0 Å². The summed E-state index contributed by atoms with van der Waals surface area (Å²) in [6.45, 7) is 1.55. The van der Waals surface area contributed by atoms with Gasteiger partial charge in [0.05, 0.1) is 11.0 Å². The molecule has 0 aliphatic heterocycles. The molecule has 104 valence electrons. The lowest BCUT2D eigenvalue weighted by molar-refractivity contribution is -0.386. The van der Waals surface area contributed by atoms with Crippen LogP contribution in [0.15, 0.2) is 12.1 Å². The molecule has 5 nitrogen and oxygen atoms in total. The maximum absolute atomic E-state index is 13.4. The second kappa shape index (κ2) is 5.52. The molecule has 1 aromatic carbocycles. The highest BCUT2D eigenvalue weighted by Gasteiger charge is 2.27. The molecule has 0 amide bonds. The van der Waals surface area contributed by atoms with Crippen LogP contribution in [0, 0.1) is 22.9 Å². The van der Waals surface area contributed by atoms with Crippen molar-refractivity contribution in [1.29, 1.82) is 0 Å². The largest absolute Gasteiger partial charge is 0.482 e. The van der Waals surface area contributed by atoms with Crippen molar-refractivity contribution >= 4 is 5.69 Å². The van der Waals surface area contributed by atoms with Gasteiger partial charge in [0.15, 0.2) is 5.75 Å². The second-order valence-corrected chi connectivity index (χ2v) is 4.93. The van der Waals surface area contributed by atoms with Crippen LogP contribution in [-0.4, -0.2) is 17.1 Å². The van der Waals surface area contributed by atoms with Crippen molar-refractivity contribution in [1.82, 2.24) is 0 Å². The highest BCUT2D eigenvalue weighted by atomic mass is 19.1. The highest BCUT2D eigenvalue weighted by Crippen LogP contribution is 2.32. The van der Waals surface area contributed by atoms with Crippen LogP contribution in [0.2, 0.25) is 0 Å². The van der Waals surface area contributed by atoms with E-state index in [0.717, 1.165) is 31.7 Å². The Balaban J connectivity index is 2.27. The van der Waals surface area contributed by atoms with E-state index in [2.05, 4.69) is 0 Å². The lowest BCUT2D eigenvalue weighted by atomic mass is 9.93. The molecule has 0 aromatic heterocycles. The van der Waals surface area contributed by atoms with Gasteiger partial charge in [0.2, 0.25) is 0 Å². The molecule has 2 atom stereocenters. The van der Waals surface area contributed by atoms with Gasteiger partial charge in [-0.15, -0.1) is 0 Å². The van der Waals surface area contributed by atoms with Gasteiger partial charge in [-0.25, -0.2) is 4.39 Å². The second-order valence-electron chi connectivity index (χ2n) is 4.93. The van der Waals surface area contributed by atoms with Gasteiger partial charge in [0, 0.05) is 6.04 Å². The standard InChI is InChI=1S/C13H17FN2O3/c1-8-6-13(11(16(17)18)7-9(8)14)19-12-5-3-2-4-10(12)15/h6-7,10,12H,2-5,15H2,1H3. The lowest BCUT2D eigenvalue weighted by Crippen LogP contribution is -2.41. The summed E-state index contributed by atoms with van der Waals surface area (Å²) in [7, 11) is 0. The summed E-state index contributed by atoms with van der Waals surface area (Å²) in [5.41, 5.74) is 5.93. The molecule has 0 spiro atoms.